The maximum Gasteiger partial charge on any atom is 0.262 e. The summed E-state index contributed by atoms with van der Waals surface area (Å²) in [7, 11) is 0. The van der Waals surface area contributed by atoms with Gasteiger partial charge in [0.05, 0.1) is 17.4 Å². The van der Waals surface area contributed by atoms with E-state index in [9.17, 15) is 4.79 Å². The Hall–Kier alpha value is -2.40. The highest BCUT2D eigenvalue weighted by atomic mass is 35.5. The number of carbonyl (C=O) groups is 1. The van der Waals surface area contributed by atoms with E-state index in [0.717, 1.165) is 5.56 Å². The molecule has 0 aliphatic heterocycles. The number of carbonyl (C=O) groups excluding carboxylic acids is 1. The third-order valence-electron chi connectivity index (χ3n) is 2.14. The summed E-state index contributed by atoms with van der Waals surface area (Å²) in [5.74, 6) is -0.0340. The summed E-state index contributed by atoms with van der Waals surface area (Å²) in [4.78, 5) is 19.3. The van der Waals surface area contributed by atoms with Gasteiger partial charge in [0, 0.05) is 6.08 Å². The quantitative estimate of drug-likeness (QED) is 0.663. The van der Waals surface area contributed by atoms with Crippen molar-refractivity contribution in [2.45, 2.75) is 0 Å². The molecule has 1 amide bonds. The van der Waals surface area contributed by atoms with Crippen molar-refractivity contribution < 1.29 is 4.79 Å². The van der Waals surface area contributed by atoms with E-state index in [4.69, 9.17) is 11.6 Å². The van der Waals surface area contributed by atoms with Gasteiger partial charge in [0.15, 0.2) is 0 Å². The Labute approximate surface area is 115 Å². The van der Waals surface area contributed by atoms with E-state index >= 15 is 0 Å². The van der Waals surface area contributed by atoms with Gasteiger partial charge in [-0.05, 0) is 11.6 Å². The van der Waals surface area contributed by atoms with Crippen molar-refractivity contribution in [3.8, 4) is 0 Å². The van der Waals surface area contributed by atoms with Crippen molar-refractivity contribution in [1.29, 1.82) is 0 Å². The Morgan fingerprint density at radius 1 is 1.16 bits per heavy atom. The second-order valence-corrected chi connectivity index (χ2v) is 4.02. The molecule has 6 heteroatoms. The Morgan fingerprint density at radius 2 is 1.84 bits per heavy atom. The standard InChI is InChI=1S/C13H11ClN4O/c14-11-8-15-13(16-9-11)18-17-12(19)7-6-10-4-2-1-3-5-10/h1-9H,(H,17,19)(H,15,16,18)/b7-6-. The highest BCUT2D eigenvalue weighted by molar-refractivity contribution is 6.30. The van der Waals surface area contributed by atoms with Gasteiger partial charge in [0.2, 0.25) is 5.95 Å². The molecule has 0 radical (unpaired) electrons. The molecule has 2 N–H and O–H groups in total. The van der Waals surface area contributed by atoms with Gasteiger partial charge in [-0.3, -0.25) is 15.6 Å². The second-order valence-electron chi connectivity index (χ2n) is 3.58. The summed E-state index contributed by atoms with van der Waals surface area (Å²) in [6.07, 6.45) is 5.99. The number of anilines is 1. The Kier molecular flexibility index (Phi) is 4.47. The molecule has 19 heavy (non-hydrogen) atoms. The molecule has 1 aromatic heterocycles. The number of amides is 1. The van der Waals surface area contributed by atoms with Crippen LogP contribution in [0.3, 0.4) is 0 Å². The lowest BCUT2D eigenvalue weighted by molar-refractivity contribution is -0.116. The molecule has 2 rings (SSSR count). The van der Waals surface area contributed by atoms with Gasteiger partial charge >= 0.3 is 0 Å². The summed E-state index contributed by atoms with van der Waals surface area (Å²) >= 11 is 5.64. The van der Waals surface area contributed by atoms with Crippen LogP contribution in [0.15, 0.2) is 48.8 Å². The van der Waals surface area contributed by atoms with Crippen LogP contribution >= 0.6 is 11.6 Å². The van der Waals surface area contributed by atoms with Crippen molar-refractivity contribution in [1.82, 2.24) is 15.4 Å². The molecule has 2 aromatic rings. The monoisotopic (exact) mass is 274 g/mol. The van der Waals surface area contributed by atoms with Gasteiger partial charge in [-0.25, -0.2) is 9.97 Å². The highest BCUT2D eigenvalue weighted by Gasteiger charge is 1.97. The molecule has 0 unspecified atom stereocenters. The number of hydrazine groups is 1. The van der Waals surface area contributed by atoms with Crippen molar-refractivity contribution in [2.24, 2.45) is 0 Å². The van der Waals surface area contributed by atoms with Crippen LogP contribution in [0.1, 0.15) is 5.56 Å². The van der Waals surface area contributed by atoms with E-state index in [1.54, 1.807) is 6.08 Å². The maximum atomic E-state index is 11.5. The van der Waals surface area contributed by atoms with Gasteiger partial charge < -0.3 is 0 Å². The number of hydrogen-bond donors (Lipinski definition) is 2. The van der Waals surface area contributed by atoms with Crippen molar-refractivity contribution >= 4 is 29.5 Å². The minimum atomic E-state index is -0.303. The summed E-state index contributed by atoms with van der Waals surface area (Å²) in [6, 6.07) is 9.52. The minimum Gasteiger partial charge on any atom is -0.268 e. The first-order valence-electron chi connectivity index (χ1n) is 5.51. The van der Waals surface area contributed by atoms with Gasteiger partial charge in [-0.15, -0.1) is 0 Å². The molecular formula is C13H11ClN4O. The predicted molar refractivity (Wildman–Crippen MR) is 74.3 cm³/mol. The number of halogens is 1. The van der Waals surface area contributed by atoms with Crippen LogP contribution in [-0.2, 0) is 4.79 Å². The number of hydrogen-bond acceptors (Lipinski definition) is 4. The molecule has 0 atom stereocenters. The van der Waals surface area contributed by atoms with Crippen LogP contribution in [0.2, 0.25) is 5.02 Å². The zero-order valence-corrected chi connectivity index (χ0v) is 10.6. The molecule has 0 aliphatic rings. The van der Waals surface area contributed by atoms with E-state index in [1.165, 1.54) is 18.5 Å². The van der Waals surface area contributed by atoms with Gasteiger partial charge in [0.1, 0.15) is 0 Å². The molecule has 5 nitrogen and oxygen atoms in total. The number of benzene rings is 1. The van der Waals surface area contributed by atoms with E-state index < -0.39 is 0 Å². The average Bonchev–Trinajstić information content (AvgIpc) is 2.45. The van der Waals surface area contributed by atoms with Crippen LogP contribution in [0.4, 0.5) is 5.95 Å². The fourth-order valence-corrected chi connectivity index (χ4v) is 1.37. The zero-order valence-electron chi connectivity index (χ0n) is 9.88. The van der Waals surface area contributed by atoms with Crippen LogP contribution in [0.5, 0.6) is 0 Å². The molecule has 96 valence electrons. The van der Waals surface area contributed by atoms with E-state index in [-0.39, 0.29) is 11.9 Å². The maximum absolute atomic E-state index is 11.5. The van der Waals surface area contributed by atoms with Crippen molar-refractivity contribution in [3.05, 3.63) is 59.4 Å². The molecule has 0 fully saturated rings. The van der Waals surface area contributed by atoms with Crippen LogP contribution < -0.4 is 10.9 Å². The van der Waals surface area contributed by atoms with Crippen molar-refractivity contribution in [2.75, 3.05) is 5.43 Å². The molecule has 1 heterocycles. The molecular weight excluding hydrogens is 264 g/mol. The topological polar surface area (TPSA) is 66.9 Å². The molecule has 0 spiro atoms. The third-order valence-corrected chi connectivity index (χ3v) is 2.34. The number of aromatic nitrogens is 2. The van der Waals surface area contributed by atoms with Gasteiger partial charge in [0.25, 0.3) is 5.91 Å². The largest absolute Gasteiger partial charge is 0.268 e. The van der Waals surface area contributed by atoms with Crippen LogP contribution in [0.25, 0.3) is 6.08 Å². The van der Waals surface area contributed by atoms with Gasteiger partial charge in [-0.1, -0.05) is 41.9 Å². The molecule has 0 bridgehead atoms. The van der Waals surface area contributed by atoms with Crippen molar-refractivity contribution in [3.63, 3.8) is 0 Å². The van der Waals surface area contributed by atoms with E-state index in [0.29, 0.717) is 5.02 Å². The SMILES string of the molecule is O=C(/C=C\c1ccccc1)NNc1ncc(Cl)cn1. The Morgan fingerprint density at radius 3 is 2.53 bits per heavy atom. The summed E-state index contributed by atoms with van der Waals surface area (Å²) in [5.41, 5.74) is 5.97. The Balaban J connectivity index is 1.85. The lowest BCUT2D eigenvalue weighted by Crippen LogP contribution is -2.28. The fourth-order valence-electron chi connectivity index (χ4n) is 1.27. The first kappa shape index (κ1) is 13.0. The van der Waals surface area contributed by atoms with Gasteiger partial charge in [-0.2, -0.15) is 0 Å². The molecule has 0 saturated heterocycles. The summed E-state index contributed by atoms with van der Waals surface area (Å²) in [6.45, 7) is 0. The number of nitrogens with zero attached hydrogens (tertiary/aromatic N) is 2. The first-order valence-corrected chi connectivity index (χ1v) is 5.88. The smallest absolute Gasteiger partial charge is 0.262 e. The number of rotatable bonds is 4. The number of nitrogens with one attached hydrogen (secondary N) is 2. The minimum absolute atomic E-state index is 0.269. The average molecular weight is 275 g/mol. The second kappa shape index (κ2) is 6.51. The van der Waals surface area contributed by atoms with E-state index in [2.05, 4.69) is 20.8 Å². The first-order chi connectivity index (χ1) is 9.24. The van der Waals surface area contributed by atoms with Crippen LogP contribution in [0, 0.1) is 0 Å². The van der Waals surface area contributed by atoms with E-state index in [1.807, 2.05) is 30.3 Å². The third kappa shape index (κ3) is 4.40. The van der Waals surface area contributed by atoms with Crippen LogP contribution in [-0.4, -0.2) is 15.9 Å². The lowest BCUT2D eigenvalue weighted by atomic mass is 10.2. The normalized spacial score (nSPS) is 10.4. The Bertz CT molecular complexity index is 569. The summed E-state index contributed by atoms with van der Waals surface area (Å²) in [5, 5.41) is 0.431. The summed E-state index contributed by atoms with van der Waals surface area (Å²) < 4.78 is 0. The zero-order chi connectivity index (χ0) is 13.5. The fraction of sp³-hybridized carbons (Fsp3) is 0. The highest BCUT2D eigenvalue weighted by Crippen LogP contribution is 2.04. The molecule has 1 aromatic carbocycles. The lowest BCUT2D eigenvalue weighted by Gasteiger charge is -2.03. The predicted octanol–water partition coefficient (Wildman–Crippen LogP) is 2.29. The molecule has 0 aliphatic carbocycles. The molecule has 0 saturated carbocycles.